The second kappa shape index (κ2) is 5.65. The predicted molar refractivity (Wildman–Crippen MR) is 72.5 cm³/mol. The van der Waals surface area contributed by atoms with Crippen molar-refractivity contribution in [2.75, 3.05) is 31.1 Å². The standard InChI is InChI=1S/C13H20N2OS/c1-11-5-4-6-12(13(11)14)17(16)10-9-15-7-2-3-8-15/h4-6H,2-3,7-10,14H2,1H3. The summed E-state index contributed by atoms with van der Waals surface area (Å²) in [4.78, 5) is 3.17. The van der Waals surface area contributed by atoms with E-state index in [0.717, 1.165) is 30.1 Å². The van der Waals surface area contributed by atoms with E-state index in [0.29, 0.717) is 11.4 Å². The van der Waals surface area contributed by atoms with E-state index >= 15 is 0 Å². The second-order valence-electron chi connectivity index (χ2n) is 4.59. The SMILES string of the molecule is Cc1cccc(S(=O)CCN2CCCC2)c1N. The molecule has 1 unspecified atom stereocenters. The molecule has 1 atom stereocenters. The molecule has 1 aromatic carbocycles. The molecule has 0 spiro atoms. The molecule has 4 heteroatoms. The molecular formula is C13H20N2OS. The molecule has 1 saturated heterocycles. The fraction of sp³-hybridized carbons (Fsp3) is 0.538. The number of benzene rings is 1. The molecule has 2 rings (SSSR count). The Morgan fingerprint density at radius 2 is 2.06 bits per heavy atom. The number of hydrogen-bond donors (Lipinski definition) is 1. The summed E-state index contributed by atoms with van der Waals surface area (Å²) in [6, 6.07) is 5.76. The van der Waals surface area contributed by atoms with Crippen molar-refractivity contribution in [3.05, 3.63) is 23.8 Å². The molecule has 1 aliphatic heterocycles. The Labute approximate surface area is 105 Å². The van der Waals surface area contributed by atoms with Crippen LogP contribution in [0.15, 0.2) is 23.1 Å². The molecule has 1 aliphatic rings. The molecule has 0 aliphatic carbocycles. The molecule has 0 radical (unpaired) electrons. The first-order valence-electron chi connectivity index (χ1n) is 6.14. The van der Waals surface area contributed by atoms with E-state index in [4.69, 9.17) is 5.73 Å². The van der Waals surface area contributed by atoms with Gasteiger partial charge in [-0.05, 0) is 44.5 Å². The van der Waals surface area contributed by atoms with Crippen LogP contribution in [0.4, 0.5) is 5.69 Å². The van der Waals surface area contributed by atoms with Crippen LogP contribution in [0.2, 0.25) is 0 Å². The maximum Gasteiger partial charge on any atom is 0.0620 e. The third-order valence-corrected chi connectivity index (χ3v) is 4.72. The summed E-state index contributed by atoms with van der Waals surface area (Å²) in [5, 5.41) is 0. The second-order valence-corrected chi connectivity index (χ2v) is 6.12. The van der Waals surface area contributed by atoms with Gasteiger partial charge in [-0.1, -0.05) is 12.1 Å². The van der Waals surface area contributed by atoms with Gasteiger partial charge in [-0.2, -0.15) is 0 Å². The van der Waals surface area contributed by atoms with Crippen LogP contribution >= 0.6 is 0 Å². The van der Waals surface area contributed by atoms with Gasteiger partial charge in [0.25, 0.3) is 0 Å². The van der Waals surface area contributed by atoms with Crippen LogP contribution in [0.1, 0.15) is 18.4 Å². The molecule has 3 nitrogen and oxygen atoms in total. The molecule has 0 aromatic heterocycles. The van der Waals surface area contributed by atoms with Crippen molar-refractivity contribution in [3.63, 3.8) is 0 Å². The van der Waals surface area contributed by atoms with Crippen LogP contribution in [0.25, 0.3) is 0 Å². The van der Waals surface area contributed by atoms with Crippen LogP contribution in [-0.2, 0) is 10.8 Å². The Morgan fingerprint density at radius 1 is 1.35 bits per heavy atom. The van der Waals surface area contributed by atoms with E-state index in [1.807, 2.05) is 25.1 Å². The van der Waals surface area contributed by atoms with E-state index in [9.17, 15) is 4.21 Å². The zero-order chi connectivity index (χ0) is 12.3. The number of nitrogens with two attached hydrogens (primary N) is 1. The minimum atomic E-state index is -0.968. The molecule has 2 N–H and O–H groups in total. The quantitative estimate of drug-likeness (QED) is 0.831. The van der Waals surface area contributed by atoms with E-state index < -0.39 is 10.8 Å². The molecule has 0 amide bonds. The maximum atomic E-state index is 12.2. The Morgan fingerprint density at radius 3 is 2.76 bits per heavy atom. The Balaban J connectivity index is 1.97. The molecule has 1 aromatic rings. The lowest BCUT2D eigenvalue weighted by Crippen LogP contribution is -2.24. The molecule has 1 fully saturated rings. The van der Waals surface area contributed by atoms with Gasteiger partial charge in [0.15, 0.2) is 0 Å². The van der Waals surface area contributed by atoms with Crippen molar-refractivity contribution < 1.29 is 4.21 Å². The number of anilines is 1. The number of rotatable bonds is 4. The summed E-state index contributed by atoms with van der Waals surface area (Å²) in [6.07, 6.45) is 2.55. The molecular weight excluding hydrogens is 232 g/mol. The lowest BCUT2D eigenvalue weighted by Gasteiger charge is -2.14. The lowest BCUT2D eigenvalue weighted by molar-refractivity contribution is 0.361. The minimum Gasteiger partial charge on any atom is -0.398 e. The third kappa shape index (κ3) is 3.07. The van der Waals surface area contributed by atoms with Gasteiger partial charge in [0.1, 0.15) is 0 Å². The topological polar surface area (TPSA) is 46.3 Å². The lowest BCUT2D eigenvalue weighted by atomic mass is 10.2. The fourth-order valence-electron chi connectivity index (χ4n) is 2.18. The van der Waals surface area contributed by atoms with Crippen LogP contribution in [0.5, 0.6) is 0 Å². The van der Waals surface area contributed by atoms with Crippen LogP contribution < -0.4 is 5.73 Å². The number of nitrogen functional groups attached to an aromatic ring is 1. The normalized spacial score (nSPS) is 18.4. The largest absolute Gasteiger partial charge is 0.398 e. The van der Waals surface area contributed by atoms with Gasteiger partial charge in [0.2, 0.25) is 0 Å². The van der Waals surface area contributed by atoms with E-state index in [1.54, 1.807) is 0 Å². The summed E-state index contributed by atoms with van der Waals surface area (Å²) in [5.41, 5.74) is 7.66. The van der Waals surface area contributed by atoms with E-state index in [1.165, 1.54) is 12.8 Å². The summed E-state index contributed by atoms with van der Waals surface area (Å²) < 4.78 is 12.2. The first-order valence-corrected chi connectivity index (χ1v) is 7.46. The van der Waals surface area contributed by atoms with Crippen molar-refractivity contribution in [3.8, 4) is 0 Å². The zero-order valence-corrected chi connectivity index (χ0v) is 11.1. The molecule has 0 bridgehead atoms. The molecule has 17 heavy (non-hydrogen) atoms. The van der Waals surface area contributed by atoms with Gasteiger partial charge in [0, 0.05) is 12.3 Å². The predicted octanol–water partition coefficient (Wildman–Crippen LogP) is 1.78. The highest BCUT2D eigenvalue weighted by Crippen LogP contribution is 2.20. The first-order chi connectivity index (χ1) is 8.18. The van der Waals surface area contributed by atoms with Crippen molar-refractivity contribution in [2.45, 2.75) is 24.7 Å². The number of aryl methyl sites for hydroxylation is 1. The minimum absolute atomic E-state index is 0.687. The average Bonchev–Trinajstić information content (AvgIpc) is 2.82. The molecule has 0 saturated carbocycles. The summed E-state index contributed by atoms with van der Waals surface area (Å²) >= 11 is 0. The van der Waals surface area contributed by atoms with Gasteiger partial charge >= 0.3 is 0 Å². The number of likely N-dealkylation sites (tertiary alicyclic amines) is 1. The smallest absolute Gasteiger partial charge is 0.0620 e. The number of para-hydroxylation sites is 1. The Bertz CT molecular complexity index is 414. The van der Waals surface area contributed by atoms with Gasteiger partial charge in [-0.15, -0.1) is 0 Å². The first kappa shape index (κ1) is 12.6. The monoisotopic (exact) mass is 252 g/mol. The number of hydrogen-bond acceptors (Lipinski definition) is 3. The van der Waals surface area contributed by atoms with Gasteiger partial charge in [-0.3, -0.25) is 4.21 Å². The summed E-state index contributed by atoms with van der Waals surface area (Å²) in [5.74, 6) is 0.688. The highest BCUT2D eigenvalue weighted by atomic mass is 32.2. The van der Waals surface area contributed by atoms with Crippen molar-refractivity contribution in [1.82, 2.24) is 4.90 Å². The fourth-order valence-corrected chi connectivity index (χ4v) is 3.46. The Hall–Kier alpha value is -0.870. The van der Waals surface area contributed by atoms with Crippen molar-refractivity contribution >= 4 is 16.5 Å². The molecule has 1 heterocycles. The van der Waals surface area contributed by atoms with Crippen LogP contribution in [0.3, 0.4) is 0 Å². The average molecular weight is 252 g/mol. The maximum absolute atomic E-state index is 12.2. The van der Waals surface area contributed by atoms with E-state index in [2.05, 4.69) is 4.90 Å². The highest BCUT2D eigenvalue weighted by molar-refractivity contribution is 7.85. The Kier molecular flexibility index (Phi) is 4.18. The van der Waals surface area contributed by atoms with Gasteiger partial charge in [0.05, 0.1) is 21.4 Å². The third-order valence-electron chi connectivity index (χ3n) is 3.32. The van der Waals surface area contributed by atoms with E-state index in [-0.39, 0.29) is 0 Å². The zero-order valence-electron chi connectivity index (χ0n) is 10.3. The van der Waals surface area contributed by atoms with Crippen LogP contribution in [-0.4, -0.2) is 34.5 Å². The number of nitrogens with zero attached hydrogens (tertiary/aromatic N) is 1. The summed E-state index contributed by atoms with van der Waals surface area (Å²) in [7, 11) is -0.968. The highest BCUT2D eigenvalue weighted by Gasteiger charge is 2.14. The molecule has 94 valence electrons. The van der Waals surface area contributed by atoms with Gasteiger partial charge in [-0.25, -0.2) is 0 Å². The summed E-state index contributed by atoms with van der Waals surface area (Å²) in [6.45, 7) is 5.18. The van der Waals surface area contributed by atoms with Crippen molar-refractivity contribution in [2.24, 2.45) is 0 Å². The van der Waals surface area contributed by atoms with Crippen LogP contribution in [0, 0.1) is 6.92 Å². The van der Waals surface area contributed by atoms with Gasteiger partial charge < -0.3 is 10.6 Å². The van der Waals surface area contributed by atoms with Crippen molar-refractivity contribution in [1.29, 1.82) is 0 Å².